The molecule has 148 valence electrons. The first-order valence-electron chi connectivity index (χ1n) is 9.30. The van der Waals surface area contributed by atoms with Crippen molar-refractivity contribution in [2.45, 2.75) is 23.8 Å². The van der Waals surface area contributed by atoms with E-state index in [4.69, 9.17) is 4.74 Å². The van der Waals surface area contributed by atoms with E-state index in [9.17, 15) is 4.79 Å². The largest absolute Gasteiger partial charge is 0.497 e. The van der Waals surface area contributed by atoms with Crippen LogP contribution in [0.2, 0.25) is 0 Å². The quantitative estimate of drug-likeness (QED) is 0.486. The number of rotatable bonds is 6. The molecule has 0 spiro atoms. The van der Waals surface area contributed by atoms with Crippen LogP contribution in [0.25, 0.3) is 22.1 Å². The molecule has 1 amide bonds. The summed E-state index contributed by atoms with van der Waals surface area (Å²) in [5.74, 6) is 0.649. The van der Waals surface area contributed by atoms with E-state index in [2.05, 4.69) is 20.5 Å². The van der Waals surface area contributed by atoms with Crippen molar-refractivity contribution >= 4 is 45.4 Å². The van der Waals surface area contributed by atoms with Gasteiger partial charge in [0.05, 0.1) is 17.9 Å². The van der Waals surface area contributed by atoms with Gasteiger partial charge in [0.1, 0.15) is 11.3 Å². The van der Waals surface area contributed by atoms with Crippen molar-refractivity contribution in [1.29, 1.82) is 0 Å². The lowest BCUT2D eigenvalue weighted by atomic mass is 10.2. The van der Waals surface area contributed by atoms with Gasteiger partial charge in [-0.1, -0.05) is 36.9 Å². The van der Waals surface area contributed by atoms with Crippen LogP contribution in [-0.2, 0) is 11.8 Å². The van der Waals surface area contributed by atoms with Crippen LogP contribution in [0.5, 0.6) is 5.75 Å². The van der Waals surface area contributed by atoms with E-state index in [0.717, 1.165) is 33.5 Å². The Labute approximate surface area is 172 Å². The number of hydrogen-bond acceptors (Lipinski definition) is 6. The number of ether oxygens (including phenoxy) is 1. The Bertz CT molecular complexity index is 1170. The average molecular weight is 407 g/mol. The number of aromatic nitrogens is 4. The van der Waals surface area contributed by atoms with Crippen LogP contribution in [0.15, 0.2) is 53.7 Å². The van der Waals surface area contributed by atoms with E-state index >= 15 is 0 Å². The van der Waals surface area contributed by atoms with Gasteiger partial charge in [-0.05, 0) is 36.8 Å². The van der Waals surface area contributed by atoms with E-state index < -0.39 is 0 Å². The fourth-order valence-electron chi connectivity index (χ4n) is 3.19. The zero-order valence-corrected chi connectivity index (χ0v) is 17.2. The first kappa shape index (κ1) is 19.2. The SMILES string of the molecule is CCC(Sc1nnc2c3ccccc3n(C)c2n1)C(=O)Nc1ccc(OC)cc1. The number of methoxy groups -OCH3 is 1. The molecule has 0 fully saturated rings. The van der Waals surface area contributed by atoms with Crippen LogP contribution in [0.3, 0.4) is 0 Å². The molecule has 1 atom stereocenters. The number of hydrogen-bond donors (Lipinski definition) is 1. The molecule has 4 rings (SSSR count). The van der Waals surface area contributed by atoms with E-state index in [1.807, 2.05) is 67.1 Å². The van der Waals surface area contributed by atoms with Crippen LogP contribution >= 0.6 is 11.8 Å². The first-order valence-corrected chi connectivity index (χ1v) is 10.2. The van der Waals surface area contributed by atoms with Gasteiger partial charge in [-0.25, -0.2) is 4.98 Å². The minimum atomic E-state index is -0.328. The Morgan fingerprint density at radius 1 is 1.17 bits per heavy atom. The van der Waals surface area contributed by atoms with Gasteiger partial charge in [-0.15, -0.1) is 10.2 Å². The van der Waals surface area contributed by atoms with Crippen LogP contribution in [0.1, 0.15) is 13.3 Å². The third kappa shape index (κ3) is 3.75. The summed E-state index contributed by atoms with van der Waals surface area (Å²) in [7, 11) is 3.57. The molecule has 0 bridgehead atoms. The van der Waals surface area contributed by atoms with Crippen LogP contribution in [0.4, 0.5) is 5.69 Å². The second-order valence-electron chi connectivity index (χ2n) is 6.58. The number of carbonyl (C=O) groups is 1. The molecule has 1 unspecified atom stereocenters. The van der Waals surface area contributed by atoms with Gasteiger partial charge in [0.15, 0.2) is 5.65 Å². The Morgan fingerprint density at radius 3 is 2.66 bits per heavy atom. The molecular formula is C21H21N5O2S. The van der Waals surface area contributed by atoms with Crippen LogP contribution < -0.4 is 10.1 Å². The van der Waals surface area contributed by atoms with Crippen molar-refractivity contribution in [3.63, 3.8) is 0 Å². The second kappa shape index (κ2) is 8.08. The highest BCUT2D eigenvalue weighted by molar-refractivity contribution is 8.00. The summed E-state index contributed by atoms with van der Waals surface area (Å²) in [5, 5.41) is 12.8. The minimum Gasteiger partial charge on any atom is -0.497 e. The topological polar surface area (TPSA) is 81.9 Å². The maximum absolute atomic E-state index is 12.7. The van der Waals surface area contributed by atoms with Gasteiger partial charge in [0, 0.05) is 18.1 Å². The molecular weight excluding hydrogens is 386 g/mol. The number of fused-ring (bicyclic) bond motifs is 3. The molecule has 0 saturated carbocycles. The van der Waals surface area contributed by atoms with Crippen molar-refractivity contribution in [3.05, 3.63) is 48.5 Å². The molecule has 0 saturated heterocycles. The maximum atomic E-state index is 12.7. The van der Waals surface area contributed by atoms with Gasteiger partial charge in [-0.3, -0.25) is 4.79 Å². The monoisotopic (exact) mass is 407 g/mol. The molecule has 2 aromatic heterocycles. The highest BCUT2D eigenvalue weighted by atomic mass is 32.2. The fourth-order valence-corrected chi connectivity index (χ4v) is 4.00. The molecule has 29 heavy (non-hydrogen) atoms. The van der Waals surface area contributed by atoms with Crippen molar-refractivity contribution < 1.29 is 9.53 Å². The first-order chi connectivity index (χ1) is 14.1. The fraction of sp³-hybridized carbons (Fsp3) is 0.238. The Morgan fingerprint density at radius 2 is 1.93 bits per heavy atom. The molecule has 0 radical (unpaired) electrons. The summed E-state index contributed by atoms with van der Waals surface area (Å²) in [5.41, 5.74) is 3.30. The summed E-state index contributed by atoms with van der Waals surface area (Å²) in [6.45, 7) is 1.97. The number of thioether (sulfide) groups is 1. The molecule has 2 heterocycles. The van der Waals surface area contributed by atoms with E-state index in [1.54, 1.807) is 7.11 Å². The number of anilines is 1. The number of para-hydroxylation sites is 1. The Kier molecular flexibility index (Phi) is 5.35. The second-order valence-corrected chi connectivity index (χ2v) is 7.75. The van der Waals surface area contributed by atoms with Crippen LogP contribution in [0, 0.1) is 0 Å². The van der Waals surface area contributed by atoms with Gasteiger partial charge in [0.2, 0.25) is 11.1 Å². The predicted molar refractivity (Wildman–Crippen MR) is 115 cm³/mol. The van der Waals surface area contributed by atoms with Gasteiger partial charge < -0.3 is 14.6 Å². The van der Waals surface area contributed by atoms with Gasteiger partial charge in [0.25, 0.3) is 0 Å². The lowest BCUT2D eigenvalue weighted by Crippen LogP contribution is -2.24. The summed E-state index contributed by atoms with van der Waals surface area (Å²) < 4.78 is 7.15. The highest BCUT2D eigenvalue weighted by Crippen LogP contribution is 2.28. The maximum Gasteiger partial charge on any atom is 0.237 e. The molecule has 8 heteroatoms. The Hall–Kier alpha value is -3.13. The average Bonchev–Trinajstić information content (AvgIpc) is 3.04. The third-order valence-corrected chi connectivity index (χ3v) is 5.97. The summed E-state index contributed by atoms with van der Waals surface area (Å²) >= 11 is 1.32. The summed E-state index contributed by atoms with van der Waals surface area (Å²) in [6, 6.07) is 15.3. The molecule has 0 aliphatic rings. The molecule has 0 aliphatic heterocycles. The van der Waals surface area contributed by atoms with Crippen molar-refractivity contribution in [2.24, 2.45) is 7.05 Å². The normalized spacial score (nSPS) is 12.2. The van der Waals surface area contributed by atoms with E-state index in [-0.39, 0.29) is 11.2 Å². The van der Waals surface area contributed by atoms with E-state index in [1.165, 1.54) is 11.8 Å². The van der Waals surface area contributed by atoms with Gasteiger partial charge >= 0.3 is 0 Å². The smallest absolute Gasteiger partial charge is 0.237 e. The lowest BCUT2D eigenvalue weighted by Gasteiger charge is -2.14. The summed E-state index contributed by atoms with van der Waals surface area (Å²) in [6.07, 6.45) is 0.642. The van der Waals surface area contributed by atoms with Crippen molar-refractivity contribution in [3.8, 4) is 5.75 Å². The lowest BCUT2D eigenvalue weighted by molar-refractivity contribution is -0.115. The molecule has 4 aromatic rings. The number of nitrogens with zero attached hydrogens (tertiary/aromatic N) is 4. The van der Waals surface area contributed by atoms with E-state index in [0.29, 0.717) is 11.6 Å². The third-order valence-electron chi connectivity index (χ3n) is 4.76. The molecule has 1 N–H and O–H groups in total. The number of benzene rings is 2. The Balaban J connectivity index is 1.55. The molecule has 7 nitrogen and oxygen atoms in total. The number of aryl methyl sites for hydroxylation is 1. The number of nitrogens with one attached hydrogen (secondary N) is 1. The number of carbonyl (C=O) groups excluding carboxylic acids is 1. The van der Waals surface area contributed by atoms with Crippen molar-refractivity contribution in [2.75, 3.05) is 12.4 Å². The van der Waals surface area contributed by atoms with Crippen molar-refractivity contribution in [1.82, 2.24) is 19.7 Å². The predicted octanol–water partition coefficient (Wildman–Crippen LogP) is 4.03. The molecule has 2 aromatic carbocycles. The summed E-state index contributed by atoms with van der Waals surface area (Å²) in [4.78, 5) is 17.4. The zero-order valence-electron chi connectivity index (χ0n) is 16.4. The zero-order chi connectivity index (χ0) is 20.4. The van der Waals surface area contributed by atoms with Crippen LogP contribution in [-0.4, -0.2) is 38.0 Å². The number of amides is 1. The molecule has 0 aliphatic carbocycles. The highest BCUT2D eigenvalue weighted by Gasteiger charge is 2.21. The van der Waals surface area contributed by atoms with Gasteiger partial charge in [-0.2, -0.15) is 0 Å². The minimum absolute atomic E-state index is 0.0941. The standard InChI is InChI=1S/C21H21N5O2S/c1-4-17(20(27)22-13-9-11-14(28-3)12-10-13)29-21-23-19-18(24-25-21)15-7-5-6-8-16(15)26(19)2/h5-12,17H,4H2,1-3H3,(H,22,27).